The summed E-state index contributed by atoms with van der Waals surface area (Å²) in [4.78, 5) is 0. The number of rotatable bonds is 4. The molecule has 0 spiro atoms. The Balaban J connectivity index is 3.78. The highest BCUT2D eigenvalue weighted by Crippen LogP contribution is 2.14. The maximum absolute atomic E-state index is 9.56. The van der Waals surface area contributed by atoms with E-state index in [1.165, 1.54) is 0 Å². The number of aliphatic hydroxyl groups is 1. The third kappa shape index (κ3) is 5.56. The van der Waals surface area contributed by atoms with Gasteiger partial charge in [0.05, 0.1) is 17.8 Å². The van der Waals surface area contributed by atoms with Crippen molar-refractivity contribution in [1.29, 1.82) is 0 Å². The minimum Gasteiger partial charge on any atom is -0.390 e. The average molecular weight is 174 g/mol. The summed E-state index contributed by atoms with van der Waals surface area (Å²) in [6.45, 7) is 9.99. The van der Waals surface area contributed by atoms with E-state index < -0.39 is 0 Å². The number of hydrogen-bond donors (Lipinski definition) is 1. The van der Waals surface area contributed by atoms with Crippen LogP contribution in [0.2, 0.25) is 0 Å². The van der Waals surface area contributed by atoms with Crippen LogP contribution in [0.4, 0.5) is 0 Å². The van der Waals surface area contributed by atoms with Crippen LogP contribution >= 0.6 is 0 Å². The molecule has 0 aromatic heterocycles. The Hall–Kier alpha value is -0.0800. The van der Waals surface area contributed by atoms with E-state index in [0.29, 0.717) is 0 Å². The molecule has 0 amide bonds. The van der Waals surface area contributed by atoms with Crippen LogP contribution in [0, 0.1) is 0 Å². The highest BCUT2D eigenvalue weighted by atomic mass is 16.5. The molecule has 0 aromatic carbocycles. The Bertz CT molecular complexity index is 115. The molecule has 2 nitrogen and oxygen atoms in total. The summed E-state index contributed by atoms with van der Waals surface area (Å²) in [6.07, 6.45) is 1.43. The van der Waals surface area contributed by atoms with Gasteiger partial charge in [-0.2, -0.15) is 0 Å². The molecule has 12 heavy (non-hydrogen) atoms. The zero-order chi connectivity index (χ0) is 9.78. The molecule has 0 saturated heterocycles. The smallest absolute Gasteiger partial charge is 0.0812 e. The van der Waals surface area contributed by atoms with Crippen LogP contribution in [-0.2, 0) is 4.74 Å². The van der Waals surface area contributed by atoms with E-state index in [2.05, 4.69) is 6.92 Å². The highest BCUT2D eigenvalue weighted by molar-refractivity contribution is 4.69. The summed E-state index contributed by atoms with van der Waals surface area (Å²) >= 11 is 0. The molecule has 1 N–H and O–H groups in total. The van der Waals surface area contributed by atoms with Crippen LogP contribution in [0.25, 0.3) is 0 Å². The molecule has 2 heteroatoms. The minimum absolute atomic E-state index is 0.0649. The third-order valence-corrected chi connectivity index (χ3v) is 1.67. The standard InChI is InChI=1S/C10H22O2/c1-6-7-9(11)8(2)12-10(3,4)5/h8-9,11H,6-7H2,1-5H3. The van der Waals surface area contributed by atoms with Gasteiger partial charge >= 0.3 is 0 Å². The molecule has 0 rings (SSSR count). The first kappa shape index (κ1) is 11.9. The summed E-state index contributed by atoms with van der Waals surface area (Å²) in [6, 6.07) is 0. The summed E-state index contributed by atoms with van der Waals surface area (Å²) < 4.78 is 5.60. The molecule has 0 bridgehead atoms. The second-order valence-corrected chi connectivity index (χ2v) is 4.29. The summed E-state index contributed by atoms with van der Waals surface area (Å²) in [7, 11) is 0. The van der Waals surface area contributed by atoms with Crippen LogP contribution in [0.5, 0.6) is 0 Å². The molecule has 0 saturated carbocycles. The van der Waals surface area contributed by atoms with E-state index in [0.717, 1.165) is 12.8 Å². The van der Waals surface area contributed by atoms with Crippen molar-refractivity contribution in [3.8, 4) is 0 Å². The van der Waals surface area contributed by atoms with Crippen LogP contribution in [-0.4, -0.2) is 22.9 Å². The largest absolute Gasteiger partial charge is 0.390 e. The average Bonchev–Trinajstić information content (AvgIpc) is 1.84. The fraction of sp³-hybridized carbons (Fsp3) is 1.00. The maximum atomic E-state index is 9.56. The van der Waals surface area contributed by atoms with Gasteiger partial charge in [0.1, 0.15) is 0 Å². The quantitative estimate of drug-likeness (QED) is 0.709. The predicted molar refractivity (Wildman–Crippen MR) is 51.2 cm³/mol. The SMILES string of the molecule is CCCC(O)C(C)OC(C)(C)C. The Labute approximate surface area is 75.9 Å². The number of hydrogen-bond acceptors (Lipinski definition) is 2. The Morgan fingerprint density at radius 1 is 1.33 bits per heavy atom. The van der Waals surface area contributed by atoms with Gasteiger partial charge in [0.2, 0.25) is 0 Å². The minimum atomic E-state index is -0.325. The van der Waals surface area contributed by atoms with Crippen LogP contribution in [0.15, 0.2) is 0 Å². The fourth-order valence-corrected chi connectivity index (χ4v) is 1.17. The van der Waals surface area contributed by atoms with E-state index >= 15 is 0 Å². The molecule has 0 aliphatic carbocycles. The van der Waals surface area contributed by atoms with Gasteiger partial charge < -0.3 is 9.84 Å². The highest BCUT2D eigenvalue weighted by Gasteiger charge is 2.20. The molecule has 2 atom stereocenters. The second kappa shape index (κ2) is 4.83. The van der Waals surface area contributed by atoms with Gasteiger partial charge in [-0.05, 0) is 34.1 Å². The van der Waals surface area contributed by atoms with E-state index in [9.17, 15) is 5.11 Å². The predicted octanol–water partition coefficient (Wildman–Crippen LogP) is 2.35. The molecule has 0 aromatic rings. The maximum Gasteiger partial charge on any atom is 0.0812 e. The van der Waals surface area contributed by atoms with Crippen molar-refractivity contribution < 1.29 is 9.84 Å². The van der Waals surface area contributed by atoms with E-state index in [1.54, 1.807) is 0 Å². The molecule has 2 unspecified atom stereocenters. The zero-order valence-electron chi connectivity index (χ0n) is 8.92. The number of aliphatic hydroxyl groups excluding tert-OH is 1. The van der Waals surface area contributed by atoms with E-state index in [-0.39, 0.29) is 17.8 Å². The summed E-state index contributed by atoms with van der Waals surface area (Å²) in [5, 5.41) is 9.56. The first-order valence-corrected chi connectivity index (χ1v) is 4.72. The van der Waals surface area contributed by atoms with Crippen molar-refractivity contribution in [3.63, 3.8) is 0 Å². The Morgan fingerprint density at radius 2 is 1.83 bits per heavy atom. The van der Waals surface area contributed by atoms with Crippen LogP contribution in [0.3, 0.4) is 0 Å². The van der Waals surface area contributed by atoms with Crippen molar-refractivity contribution in [2.45, 2.75) is 65.3 Å². The second-order valence-electron chi connectivity index (χ2n) is 4.29. The lowest BCUT2D eigenvalue weighted by atomic mass is 10.1. The lowest BCUT2D eigenvalue weighted by molar-refractivity contribution is -0.103. The summed E-state index contributed by atoms with van der Waals surface area (Å²) in [5.74, 6) is 0. The van der Waals surface area contributed by atoms with Gasteiger partial charge in [0.25, 0.3) is 0 Å². The molecule has 74 valence electrons. The first-order chi connectivity index (χ1) is 5.37. The van der Waals surface area contributed by atoms with Crippen molar-refractivity contribution in [2.24, 2.45) is 0 Å². The van der Waals surface area contributed by atoms with E-state index in [1.807, 2.05) is 27.7 Å². The molecular weight excluding hydrogens is 152 g/mol. The molecule has 0 radical (unpaired) electrons. The van der Waals surface area contributed by atoms with Crippen molar-refractivity contribution in [2.75, 3.05) is 0 Å². The van der Waals surface area contributed by atoms with Crippen LogP contribution < -0.4 is 0 Å². The zero-order valence-corrected chi connectivity index (χ0v) is 8.92. The van der Waals surface area contributed by atoms with Gasteiger partial charge in [0, 0.05) is 0 Å². The lowest BCUT2D eigenvalue weighted by Gasteiger charge is -2.28. The van der Waals surface area contributed by atoms with E-state index in [4.69, 9.17) is 4.74 Å². The van der Waals surface area contributed by atoms with Crippen molar-refractivity contribution in [3.05, 3.63) is 0 Å². The van der Waals surface area contributed by atoms with Gasteiger partial charge in [0.15, 0.2) is 0 Å². The fourth-order valence-electron chi connectivity index (χ4n) is 1.17. The molecule has 0 fully saturated rings. The monoisotopic (exact) mass is 174 g/mol. The Morgan fingerprint density at radius 3 is 2.17 bits per heavy atom. The normalized spacial score (nSPS) is 17.5. The van der Waals surface area contributed by atoms with Gasteiger partial charge in [-0.3, -0.25) is 0 Å². The van der Waals surface area contributed by atoms with Gasteiger partial charge in [-0.15, -0.1) is 0 Å². The molecular formula is C10H22O2. The van der Waals surface area contributed by atoms with Crippen molar-refractivity contribution in [1.82, 2.24) is 0 Å². The van der Waals surface area contributed by atoms with Gasteiger partial charge in [-0.25, -0.2) is 0 Å². The molecule has 0 aliphatic heterocycles. The third-order valence-electron chi connectivity index (χ3n) is 1.67. The van der Waals surface area contributed by atoms with Crippen molar-refractivity contribution >= 4 is 0 Å². The lowest BCUT2D eigenvalue weighted by Crippen LogP contribution is -2.33. The molecule has 0 heterocycles. The molecule has 0 aliphatic rings. The summed E-state index contributed by atoms with van der Waals surface area (Å²) in [5.41, 5.74) is -0.159. The number of ether oxygens (including phenoxy) is 1. The Kier molecular flexibility index (Phi) is 4.80. The topological polar surface area (TPSA) is 29.5 Å². The van der Waals surface area contributed by atoms with Crippen LogP contribution in [0.1, 0.15) is 47.5 Å². The van der Waals surface area contributed by atoms with Gasteiger partial charge in [-0.1, -0.05) is 13.3 Å². The first-order valence-electron chi connectivity index (χ1n) is 4.72.